The molecule has 1 aromatic heterocycles. The van der Waals surface area contributed by atoms with E-state index < -0.39 is 29.7 Å². The first-order valence-corrected chi connectivity index (χ1v) is 11.2. The second kappa shape index (κ2) is 9.80. The van der Waals surface area contributed by atoms with E-state index in [-0.39, 0.29) is 28.8 Å². The van der Waals surface area contributed by atoms with Crippen LogP contribution >= 0.6 is 11.6 Å². The molecule has 178 valence electrons. The Labute approximate surface area is 200 Å². The number of hydrogen-bond donors (Lipinski definition) is 2. The van der Waals surface area contributed by atoms with E-state index in [1.165, 1.54) is 24.3 Å². The van der Waals surface area contributed by atoms with E-state index in [1.54, 1.807) is 16.9 Å². The van der Waals surface area contributed by atoms with E-state index in [0.29, 0.717) is 29.8 Å². The lowest BCUT2D eigenvalue weighted by molar-refractivity contribution is 0.102. The first-order chi connectivity index (χ1) is 16.2. The van der Waals surface area contributed by atoms with Gasteiger partial charge in [-0.15, -0.1) is 0 Å². The molecule has 4 rings (SSSR count). The molecule has 2 N–H and O–H groups in total. The standard InChI is InChI=1S/C24H23ClF2N4O3/c1-13(2)31-10-9-15(30-31)12-34-24(33)29-21-8-5-16-17(4-7-20(27)22(16)21)23(32)28-14-3-6-19(26)18(25)11-14/h3-4,6-7,9-11,13,21H,5,8,12H2,1-2H3,(H,28,32)(H,29,33)/t21-/m0/s1. The van der Waals surface area contributed by atoms with E-state index in [0.717, 1.165) is 6.07 Å². The lowest BCUT2D eigenvalue weighted by Gasteiger charge is -2.16. The third-order valence-electron chi connectivity index (χ3n) is 5.59. The summed E-state index contributed by atoms with van der Waals surface area (Å²) in [4.78, 5) is 25.2. The maximum Gasteiger partial charge on any atom is 0.408 e. The molecule has 0 saturated carbocycles. The van der Waals surface area contributed by atoms with Gasteiger partial charge in [0.25, 0.3) is 5.91 Å². The number of benzene rings is 2. The molecule has 0 radical (unpaired) electrons. The minimum atomic E-state index is -0.702. The second-order valence-corrected chi connectivity index (χ2v) is 8.67. The molecule has 1 heterocycles. The quantitative estimate of drug-likeness (QED) is 0.475. The van der Waals surface area contributed by atoms with Crippen LogP contribution in [0.1, 0.15) is 59.5 Å². The average Bonchev–Trinajstić information content (AvgIpc) is 3.43. The summed E-state index contributed by atoms with van der Waals surface area (Å²) in [7, 11) is 0. The predicted octanol–water partition coefficient (Wildman–Crippen LogP) is 5.56. The number of fused-ring (bicyclic) bond motifs is 1. The molecule has 0 spiro atoms. The number of carbonyl (C=O) groups excluding carboxylic acids is 2. The highest BCUT2D eigenvalue weighted by atomic mass is 35.5. The van der Waals surface area contributed by atoms with Gasteiger partial charge in [0, 0.05) is 29.1 Å². The molecule has 1 aliphatic rings. The molecule has 0 fully saturated rings. The number of nitrogens with one attached hydrogen (secondary N) is 2. The smallest absolute Gasteiger partial charge is 0.408 e. The zero-order valence-electron chi connectivity index (χ0n) is 18.6. The second-order valence-electron chi connectivity index (χ2n) is 8.26. The van der Waals surface area contributed by atoms with Crippen LogP contribution in [-0.2, 0) is 17.8 Å². The van der Waals surface area contributed by atoms with Gasteiger partial charge in [0.05, 0.1) is 11.1 Å². The van der Waals surface area contributed by atoms with E-state index in [1.807, 2.05) is 13.8 Å². The molecule has 0 unspecified atom stereocenters. The molecule has 0 aliphatic heterocycles. The third kappa shape index (κ3) is 5.04. The summed E-state index contributed by atoms with van der Waals surface area (Å²) in [5, 5.41) is 9.52. The molecular weight excluding hydrogens is 466 g/mol. The number of nitrogens with zero attached hydrogens (tertiary/aromatic N) is 2. The van der Waals surface area contributed by atoms with Crippen molar-refractivity contribution in [2.75, 3.05) is 5.32 Å². The molecule has 7 nitrogen and oxygen atoms in total. The Bertz CT molecular complexity index is 1240. The average molecular weight is 489 g/mol. The van der Waals surface area contributed by atoms with E-state index >= 15 is 0 Å². The Morgan fingerprint density at radius 1 is 1.21 bits per heavy atom. The van der Waals surface area contributed by atoms with Crippen molar-refractivity contribution in [1.82, 2.24) is 15.1 Å². The van der Waals surface area contributed by atoms with Gasteiger partial charge in [0.1, 0.15) is 23.9 Å². The number of ether oxygens (including phenoxy) is 1. The van der Waals surface area contributed by atoms with Gasteiger partial charge in [-0.05, 0) is 68.7 Å². The summed E-state index contributed by atoms with van der Waals surface area (Å²) < 4.78 is 35.1. The minimum absolute atomic E-state index is 0.0176. The van der Waals surface area contributed by atoms with Crippen molar-refractivity contribution in [3.63, 3.8) is 0 Å². The normalized spacial score (nSPS) is 14.7. The van der Waals surface area contributed by atoms with Crippen LogP contribution in [0.3, 0.4) is 0 Å². The molecule has 0 bridgehead atoms. The van der Waals surface area contributed by atoms with Gasteiger partial charge in [0.15, 0.2) is 0 Å². The van der Waals surface area contributed by atoms with Gasteiger partial charge in [-0.25, -0.2) is 13.6 Å². The summed E-state index contributed by atoms with van der Waals surface area (Å²) in [5.74, 6) is -1.60. The van der Waals surface area contributed by atoms with Crippen molar-refractivity contribution >= 4 is 29.3 Å². The molecule has 10 heteroatoms. The zero-order valence-corrected chi connectivity index (χ0v) is 19.3. The van der Waals surface area contributed by atoms with Crippen LogP contribution in [0.5, 0.6) is 0 Å². The van der Waals surface area contributed by atoms with Crippen molar-refractivity contribution in [3.8, 4) is 0 Å². The van der Waals surface area contributed by atoms with Crippen LogP contribution in [0.15, 0.2) is 42.6 Å². The van der Waals surface area contributed by atoms with Gasteiger partial charge in [-0.3, -0.25) is 9.48 Å². The molecule has 0 saturated heterocycles. The van der Waals surface area contributed by atoms with Crippen LogP contribution in [-0.4, -0.2) is 21.8 Å². The molecule has 2 amide bonds. The number of carbonyl (C=O) groups is 2. The largest absolute Gasteiger partial charge is 0.443 e. The molecule has 1 atom stereocenters. The monoisotopic (exact) mass is 488 g/mol. The van der Waals surface area contributed by atoms with Crippen LogP contribution < -0.4 is 10.6 Å². The number of anilines is 1. The Hall–Kier alpha value is -3.46. The predicted molar refractivity (Wildman–Crippen MR) is 123 cm³/mol. The van der Waals surface area contributed by atoms with E-state index in [4.69, 9.17) is 16.3 Å². The SMILES string of the molecule is CC(C)n1ccc(COC(=O)N[C@H]2CCc3c(C(=O)Nc4ccc(F)c(Cl)c4)ccc(F)c32)n1. The summed E-state index contributed by atoms with van der Waals surface area (Å²) in [6, 6.07) is 7.71. The number of amides is 2. The first-order valence-electron chi connectivity index (χ1n) is 10.8. The lowest BCUT2D eigenvalue weighted by atomic mass is 10.0. The van der Waals surface area contributed by atoms with Crippen molar-refractivity contribution < 1.29 is 23.1 Å². The highest BCUT2D eigenvalue weighted by molar-refractivity contribution is 6.31. The fraction of sp³-hybridized carbons (Fsp3) is 0.292. The number of aromatic nitrogens is 2. The van der Waals surface area contributed by atoms with Crippen LogP contribution in [0.4, 0.5) is 19.3 Å². The van der Waals surface area contributed by atoms with Gasteiger partial charge >= 0.3 is 6.09 Å². The topological polar surface area (TPSA) is 85.2 Å². The lowest BCUT2D eigenvalue weighted by Crippen LogP contribution is -2.28. The number of halogens is 3. The van der Waals surface area contributed by atoms with Crippen molar-refractivity contribution in [2.45, 2.75) is 45.4 Å². The third-order valence-corrected chi connectivity index (χ3v) is 5.88. The highest BCUT2D eigenvalue weighted by Gasteiger charge is 2.31. The van der Waals surface area contributed by atoms with Gasteiger partial charge in [0.2, 0.25) is 0 Å². The van der Waals surface area contributed by atoms with Crippen LogP contribution in [0, 0.1) is 11.6 Å². The molecular formula is C24H23ClF2N4O3. The summed E-state index contributed by atoms with van der Waals surface area (Å²) in [5.41, 5.74) is 1.94. The molecule has 2 aromatic carbocycles. The van der Waals surface area contributed by atoms with Crippen molar-refractivity contribution in [2.24, 2.45) is 0 Å². The zero-order chi connectivity index (χ0) is 24.4. The van der Waals surface area contributed by atoms with Gasteiger partial charge < -0.3 is 15.4 Å². The van der Waals surface area contributed by atoms with E-state index in [9.17, 15) is 18.4 Å². The van der Waals surface area contributed by atoms with E-state index in [2.05, 4.69) is 15.7 Å². The summed E-state index contributed by atoms with van der Waals surface area (Å²) in [6.45, 7) is 3.95. The van der Waals surface area contributed by atoms with Crippen molar-refractivity contribution in [1.29, 1.82) is 0 Å². The van der Waals surface area contributed by atoms with Crippen LogP contribution in [0.2, 0.25) is 5.02 Å². The Morgan fingerprint density at radius 2 is 1.97 bits per heavy atom. The summed E-state index contributed by atoms with van der Waals surface area (Å²) >= 11 is 5.77. The highest BCUT2D eigenvalue weighted by Crippen LogP contribution is 2.36. The van der Waals surface area contributed by atoms with Crippen molar-refractivity contribution in [3.05, 3.63) is 81.6 Å². The van der Waals surface area contributed by atoms with Gasteiger partial charge in [-0.2, -0.15) is 5.10 Å². The minimum Gasteiger partial charge on any atom is -0.443 e. The summed E-state index contributed by atoms with van der Waals surface area (Å²) in [6.07, 6.45) is 1.91. The van der Waals surface area contributed by atoms with Gasteiger partial charge in [-0.1, -0.05) is 11.6 Å². The maximum absolute atomic E-state index is 14.7. The van der Waals surface area contributed by atoms with Crippen LogP contribution in [0.25, 0.3) is 0 Å². The molecule has 3 aromatic rings. The molecule has 34 heavy (non-hydrogen) atoms. The Kier molecular flexibility index (Phi) is 6.83. The number of alkyl carbamates (subject to hydrolysis) is 1. The number of hydrogen-bond acceptors (Lipinski definition) is 4. The Morgan fingerprint density at radius 3 is 2.68 bits per heavy atom. The Balaban J connectivity index is 1.44. The fourth-order valence-electron chi connectivity index (χ4n) is 3.91. The maximum atomic E-state index is 14.7. The molecule has 1 aliphatic carbocycles. The fourth-order valence-corrected chi connectivity index (χ4v) is 4.09. The number of rotatable bonds is 6. The first kappa shape index (κ1) is 23.7.